The van der Waals surface area contributed by atoms with Crippen LogP contribution in [-0.2, 0) is 4.79 Å². The maximum Gasteiger partial charge on any atom is 0.264 e. The first-order valence-electron chi connectivity index (χ1n) is 10.4. The average molecular weight is 434 g/mol. The minimum atomic E-state index is -0.127. The van der Waals surface area contributed by atoms with Crippen LogP contribution in [0, 0.1) is 0 Å². The van der Waals surface area contributed by atoms with Gasteiger partial charge in [0.25, 0.3) is 5.91 Å². The first-order chi connectivity index (χ1) is 14.8. The van der Waals surface area contributed by atoms with Crippen molar-refractivity contribution in [2.45, 2.75) is 33.2 Å². The first kappa shape index (κ1) is 21.2. The summed E-state index contributed by atoms with van der Waals surface area (Å²) >= 11 is 1.36. The molecule has 1 N–H and O–H groups in total. The molecule has 0 unspecified atom stereocenters. The standard InChI is InChI=1S/C25H27N3O2S/c1-6-30-19-10-8-18(9-11-19)26-24-27-23(29)22(31-24)14-17-7-12-21-20(13-17)16(2)15-25(3,4)28(21)5/h7-15H,6H2,1-5H3,(H,26,27,29)/b22-14-. The van der Waals surface area contributed by atoms with Gasteiger partial charge in [-0.2, -0.15) is 0 Å². The maximum absolute atomic E-state index is 12.5. The number of thioether (sulfide) groups is 1. The molecule has 5 nitrogen and oxygen atoms in total. The van der Waals surface area contributed by atoms with Gasteiger partial charge in [0, 0.05) is 18.3 Å². The molecule has 1 amide bonds. The Balaban J connectivity index is 1.56. The van der Waals surface area contributed by atoms with Crippen molar-refractivity contribution in [3.63, 3.8) is 0 Å². The van der Waals surface area contributed by atoms with Gasteiger partial charge in [-0.3, -0.25) is 4.79 Å². The van der Waals surface area contributed by atoms with Crippen molar-refractivity contribution in [2.75, 3.05) is 18.6 Å². The van der Waals surface area contributed by atoms with Crippen LogP contribution >= 0.6 is 11.8 Å². The fourth-order valence-electron chi connectivity index (χ4n) is 3.80. The number of amides is 1. The highest BCUT2D eigenvalue weighted by molar-refractivity contribution is 8.18. The highest BCUT2D eigenvalue weighted by Crippen LogP contribution is 2.39. The van der Waals surface area contributed by atoms with E-state index in [4.69, 9.17) is 4.74 Å². The molecule has 0 aliphatic carbocycles. The van der Waals surface area contributed by atoms with Crippen molar-refractivity contribution >= 4 is 45.9 Å². The van der Waals surface area contributed by atoms with Crippen LogP contribution in [0.15, 0.2) is 58.4 Å². The lowest BCUT2D eigenvalue weighted by atomic mass is 9.88. The highest BCUT2D eigenvalue weighted by Gasteiger charge is 2.29. The largest absolute Gasteiger partial charge is 0.494 e. The maximum atomic E-state index is 12.5. The van der Waals surface area contributed by atoms with E-state index in [1.54, 1.807) is 0 Å². The normalized spacial score (nSPS) is 20.0. The molecule has 2 aliphatic rings. The first-order valence-corrected chi connectivity index (χ1v) is 11.2. The number of likely N-dealkylation sites (N-methyl/N-ethyl adjacent to an activating group) is 1. The highest BCUT2D eigenvalue weighted by atomic mass is 32.2. The van der Waals surface area contributed by atoms with E-state index in [9.17, 15) is 4.79 Å². The lowest BCUT2D eigenvalue weighted by Gasteiger charge is -2.40. The van der Waals surface area contributed by atoms with Crippen LogP contribution in [0.1, 0.15) is 38.8 Å². The van der Waals surface area contributed by atoms with Gasteiger partial charge in [-0.15, -0.1) is 0 Å². The number of anilines is 1. The molecular formula is C25H27N3O2S. The number of carbonyl (C=O) groups excluding carboxylic acids is 1. The van der Waals surface area contributed by atoms with E-state index in [2.05, 4.69) is 67.3 Å². The Hall–Kier alpha value is -2.99. The van der Waals surface area contributed by atoms with E-state index < -0.39 is 0 Å². The summed E-state index contributed by atoms with van der Waals surface area (Å²) < 4.78 is 5.46. The Morgan fingerprint density at radius 2 is 1.94 bits per heavy atom. The minimum absolute atomic E-state index is 0.0233. The molecule has 31 heavy (non-hydrogen) atoms. The van der Waals surface area contributed by atoms with Gasteiger partial charge in [0.15, 0.2) is 5.17 Å². The zero-order chi connectivity index (χ0) is 22.2. The van der Waals surface area contributed by atoms with Gasteiger partial charge in [-0.1, -0.05) is 12.1 Å². The Morgan fingerprint density at radius 3 is 2.65 bits per heavy atom. The SMILES string of the molecule is CCOc1ccc(N=C2NC(=O)/C(=C/c3ccc4c(c3)C(C)=CC(C)(C)N4C)S2)cc1. The van der Waals surface area contributed by atoms with Gasteiger partial charge in [0.2, 0.25) is 0 Å². The molecule has 2 aromatic carbocycles. The summed E-state index contributed by atoms with van der Waals surface area (Å²) in [6.45, 7) is 9.13. The predicted octanol–water partition coefficient (Wildman–Crippen LogP) is 5.61. The molecule has 0 spiro atoms. The lowest BCUT2D eigenvalue weighted by Crippen LogP contribution is -2.42. The van der Waals surface area contributed by atoms with E-state index in [1.807, 2.05) is 37.3 Å². The topological polar surface area (TPSA) is 53.9 Å². The number of carbonyl (C=O) groups is 1. The Morgan fingerprint density at radius 1 is 1.19 bits per heavy atom. The molecule has 0 aromatic heterocycles. The molecule has 0 radical (unpaired) electrons. The van der Waals surface area contributed by atoms with Crippen LogP contribution in [0.25, 0.3) is 11.6 Å². The number of aliphatic imine (C=N–C) groups is 1. The van der Waals surface area contributed by atoms with E-state index in [0.29, 0.717) is 16.7 Å². The monoisotopic (exact) mass is 433 g/mol. The molecule has 2 aromatic rings. The van der Waals surface area contributed by atoms with E-state index >= 15 is 0 Å². The summed E-state index contributed by atoms with van der Waals surface area (Å²) in [7, 11) is 2.11. The van der Waals surface area contributed by atoms with Crippen molar-refractivity contribution in [1.82, 2.24) is 5.32 Å². The van der Waals surface area contributed by atoms with Crippen LogP contribution in [0.5, 0.6) is 5.75 Å². The number of ether oxygens (including phenoxy) is 1. The molecule has 160 valence electrons. The fraction of sp³-hybridized carbons (Fsp3) is 0.280. The summed E-state index contributed by atoms with van der Waals surface area (Å²) in [5.41, 5.74) is 5.40. The number of amidine groups is 1. The van der Waals surface area contributed by atoms with Crippen LogP contribution in [0.3, 0.4) is 0 Å². The number of fused-ring (bicyclic) bond motifs is 1. The minimum Gasteiger partial charge on any atom is -0.494 e. The van der Waals surface area contributed by atoms with Crippen molar-refractivity contribution in [3.05, 3.63) is 64.6 Å². The second-order valence-corrected chi connectivity index (χ2v) is 9.26. The number of allylic oxidation sites excluding steroid dienone is 1. The molecule has 4 rings (SSSR count). The van der Waals surface area contributed by atoms with Crippen LogP contribution in [-0.4, -0.2) is 30.3 Å². The predicted molar refractivity (Wildman–Crippen MR) is 131 cm³/mol. The summed E-state index contributed by atoms with van der Waals surface area (Å²) in [5, 5.41) is 3.44. The average Bonchev–Trinajstić information content (AvgIpc) is 3.06. The van der Waals surface area contributed by atoms with Gasteiger partial charge in [-0.05, 0) is 93.1 Å². The number of nitrogens with one attached hydrogen (secondary N) is 1. The van der Waals surface area contributed by atoms with Gasteiger partial charge in [-0.25, -0.2) is 4.99 Å². The van der Waals surface area contributed by atoms with Gasteiger partial charge in [0.05, 0.1) is 22.7 Å². The zero-order valence-electron chi connectivity index (χ0n) is 18.5. The molecule has 0 atom stereocenters. The summed E-state index contributed by atoms with van der Waals surface area (Å²) in [6.07, 6.45) is 4.21. The van der Waals surface area contributed by atoms with E-state index in [-0.39, 0.29) is 11.4 Å². The summed E-state index contributed by atoms with van der Waals surface area (Å²) in [4.78, 5) is 20.0. The molecule has 0 saturated carbocycles. The van der Waals surface area contributed by atoms with Gasteiger partial charge < -0.3 is 15.0 Å². The van der Waals surface area contributed by atoms with Crippen molar-refractivity contribution in [2.24, 2.45) is 4.99 Å². The van der Waals surface area contributed by atoms with Crippen LogP contribution in [0.4, 0.5) is 11.4 Å². The smallest absolute Gasteiger partial charge is 0.264 e. The van der Waals surface area contributed by atoms with Crippen molar-refractivity contribution < 1.29 is 9.53 Å². The van der Waals surface area contributed by atoms with Crippen LogP contribution in [0.2, 0.25) is 0 Å². The third-order valence-electron chi connectivity index (χ3n) is 5.57. The number of benzene rings is 2. The van der Waals surface area contributed by atoms with E-state index in [1.165, 1.54) is 28.6 Å². The molecule has 1 fully saturated rings. The second-order valence-electron chi connectivity index (χ2n) is 8.23. The summed E-state index contributed by atoms with van der Waals surface area (Å²) in [6, 6.07) is 13.9. The Kier molecular flexibility index (Phi) is 5.67. The zero-order valence-corrected chi connectivity index (χ0v) is 19.3. The lowest BCUT2D eigenvalue weighted by molar-refractivity contribution is -0.115. The third kappa shape index (κ3) is 4.39. The molecule has 1 saturated heterocycles. The quantitative estimate of drug-likeness (QED) is 0.637. The fourth-order valence-corrected chi connectivity index (χ4v) is 4.64. The number of nitrogens with zero attached hydrogens (tertiary/aromatic N) is 2. The van der Waals surface area contributed by atoms with Crippen molar-refractivity contribution in [1.29, 1.82) is 0 Å². The third-order valence-corrected chi connectivity index (χ3v) is 6.48. The van der Waals surface area contributed by atoms with E-state index in [0.717, 1.165) is 17.0 Å². The molecule has 0 bridgehead atoms. The number of rotatable bonds is 4. The Labute approximate surface area is 187 Å². The molecule has 2 heterocycles. The molecule has 2 aliphatic heterocycles. The van der Waals surface area contributed by atoms with Crippen LogP contribution < -0.4 is 15.0 Å². The summed E-state index contributed by atoms with van der Waals surface area (Å²) in [5.74, 6) is 0.679. The van der Waals surface area contributed by atoms with Crippen molar-refractivity contribution in [3.8, 4) is 5.75 Å². The number of hydrogen-bond acceptors (Lipinski definition) is 5. The number of hydrogen-bond donors (Lipinski definition) is 1. The van der Waals surface area contributed by atoms with Gasteiger partial charge >= 0.3 is 0 Å². The molecular weight excluding hydrogens is 406 g/mol. The molecule has 6 heteroatoms. The van der Waals surface area contributed by atoms with Gasteiger partial charge in [0.1, 0.15) is 5.75 Å². The second kappa shape index (κ2) is 8.27. The Bertz CT molecular complexity index is 1110.